The summed E-state index contributed by atoms with van der Waals surface area (Å²) in [5.74, 6) is 0.481. The lowest BCUT2D eigenvalue weighted by Crippen LogP contribution is -2.31. The van der Waals surface area contributed by atoms with E-state index in [0.29, 0.717) is 11.3 Å². The van der Waals surface area contributed by atoms with Gasteiger partial charge in [0.05, 0.1) is 4.90 Å². The summed E-state index contributed by atoms with van der Waals surface area (Å²) in [5, 5.41) is 0. The molecule has 25 heavy (non-hydrogen) atoms. The number of hydrogen-bond donors (Lipinski definition) is 1. The fraction of sp³-hybridized carbons (Fsp3) is 0.368. The molecule has 1 atom stereocenters. The minimum Gasteiger partial charge on any atom is -0.207 e. The van der Waals surface area contributed by atoms with Gasteiger partial charge in [0.2, 0.25) is 10.0 Å². The number of benzene rings is 2. The Labute approximate surface area is 152 Å². The van der Waals surface area contributed by atoms with E-state index >= 15 is 0 Å². The molecule has 2 aromatic carbocycles. The highest BCUT2D eigenvalue weighted by Gasteiger charge is 2.27. The number of halogens is 1. The standard InChI is InChI=1S/C19H20FNO2S2/c20-15-6-8-19-17(12-15)18(9-10-24-19)21-25(22,23)16-7-5-13-3-1-2-4-14(13)11-16/h5-8,11-12,18,21H,1-4,9-10H2. The van der Waals surface area contributed by atoms with E-state index in [1.54, 1.807) is 30.0 Å². The average molecular weight is 378 g/mol. The maximum Gasteiger partial charge on any atom is 0.241 e. The van der Waals surface area contributed by atoms with Crippen molar-refractivity contribution in [2.75, 3.05) is 5.75 Å². The third-order valence-corrected chi connectivity index (χ3v) is 7.53. The van der Waals surface area contributed by atoms with Gasteiger partial charge in [-0.2, -0.15) is 0 Å². The first kappa shape index (κ1) is 17.1. The summed E-state index contributed by atoms with van der Waals surface area (Å²) in [6.07, 6.45) is 4.89. The first-order valence-electron chi connectivity index (χ1n) is 8.59. The Morgan fingerprint density at radius 3 is 2.68 bits per heavy atom. The quantitative estimate of drug-likeness (QED) is 0.871. The smallest absolute Gasteiger partial charge is 0.207 e. The van der Waals surface area contributed by atoms with Gasteiger partial charge in [0.15, 0.2) is 0 Å². The Kier molecular flexibility index (Phi) is 4.60. The molecule has 0 bridgehead atoms. The van der Waals surface area contributed by atoms with Crippen LogP contribution in [0.4, 0.5) is 4.39 Å². The molecular weight excluding hydrogens is 357 g/mol. The van der Waals surface area contributed by atoms with Gasteiger partial charge in [-0.3, -0.25) is 0 Å². The SMILES string of the molecule is O=S(=O)(NC1CCSc2ccc(F)cc21)c1ccc2c(c1)CCCC2. The van der Waals surface area contributed by atoms with Crippen molar-refractivity contribution in [3.63, 3.8) is 0 Å². The first-order chi connectivity index (χ1) is 12.0. The number of thioether (sulfide) groups is 1. The van der Waals surface area contributed by atoms with E-state index in [9.17, 15) is 12.8 Å². The normalized spacial score (nSPS) is 20.0. The zero-order valence-corrected chi connectivity index (χ0v) is 15.4. The van der Waals surface area contributed by atoms with E-state index in [-0.39, 0.29) is 11.9 Å². The summed E-state index contributed by atoms with van der Waals surface area (Å²) in [6.45, 7) is 0. The molecule has 1 heterocycles. The zero-order valence-electron chi connectivity index (χ0n) is 13.8. The van der Waals surface area contributed by atoms with Crippen LogP contribution >= 0.6 is 11.8 Å². The third-order valence-electron chi connectivity index (χ3n) is 4.94. The minimum absolute atomic E-state index is 0.310. The summed E-state index contributed by atoms with van der Waals surface area (Å²) in [4.78, 5) is 1.26. The van der Waals surface area contributed by atoms with Crippen LogP contribution in [0.5, 0.6) is 0 Å². The molecule has 0 radical (unpaired) electrons. The van der Waals surface area contributed by atoms with Gasteiger partial charge in [0.1, 0.15) is 5.82 Å². The summed E-state index contributed by atoms with van der Waals surface area (Å²) < 4.78 is 42.2. The highest BCUT2D eigenvalue weighted by molar-refractivity contribution is 7.99. The van der Waals surface area contributed by atoms with E-state index in [0.717, 1.165) is 41.0 Å². The van der Waals surface area contributed by atoms with Crippen LogP contribution in [0.3, 0.4) is 0 Å². The van der Waals surface area contributed by atoms with Crippen LogP contribution in [0.1, 0.15) is 42.0 Å². The number of sulfonamides is 1. The molecule has 1 unspecified atom stereocenters. The molecule has 2 aromatic rings. The van der Waals surface area contributed by atoms with Gasteiger partial charge in [-0.05, 0) is 84.9 Å². The molecule has 1 aliphatic heterocycles. The largest absolute Gasteiger partial charge is 0.241 e. The van der Waals surface area contributed by atoms with Crippen molar-refractivity contribution in [3.8, 4) is 0 Å². The van der Waals surface area contributed by atoms with Crippen molar-refractivity contribution in [2.45, 2.75) is 47.9 Å². The second-order valence-electron chi connectivity index (χ2n) is 6.63. The van der Waals surface area contributed by atoms with Crippen LogP contribution in [0.15, 0.2) is 46.2 Å². The number of nitrogens with one attached hydrogen (secondary N) is 1. The Hall–Kier alpha value is -1.37. The number of hydrogen-bond acceptors (Lipinski definition) is 3. The van der Waals surface area contributed by atoms with E-state index in [1.807, 2.05) is 6.07 Å². The van der Waals surface area contributed by atoms with Crippen LogP contribution < -0.4 is 4.72 Å². The lowest BCUT2D eigenvalue weighted by Gasteiger charge is -2.26. The van der Waals surface area contributed by atoms with Crippen LogP contribution in [0, 0.1) is 5.82 Å². The maximum atomic E-state index is 13.6. The fourth-order valence-corrected chi connectivity index (χ4v) is 6.03. The van der Waals surface area contributed by atoms with Crippen molar-refractivity contribution < 1.29 is 12.8 Å². The molecule has 6 heteroatoms. The Bertz CT molecular complexity index is 912. The lowest BCUT2D eigenvalue weighted by molar-refractivity contribution is 0.541. The molecule has 3 nitrogen and oxygen atoms in total. The van der Waals surface area contributed by atoms with Crippen LogP contribution in [-0.2, 0) is 22.9 Å². The molecule has 1 N–H and O–H groups in total. The Morgan fingerprint density at radius 2 is 1.84 bits per heavy atom. The molecule has 4 rings (SSSR count). The Morgan fingerprint density at radius 1 is 1.04 bits per heavy atom. The van der Waals surface area contributed by atoms with Crippen molar-refractivity contribution in [3.05, 3.63) is 58.9 Å². The first-order valence-corrected chi connectivity index (χ1v) is 11.1. The second kappa shape index (κ2) is 6.74. The Balaban J connectivity index is 1.64. The highest BCUT2D eigenvalue weighted by Crippen LogP contribution is 2.37. The van der Waals surface area contributed by atoms with Gasteiger partial charge in [-0.1, -0.05) is 6.07 Å². The molecule has 0 amide bonds. The summed E-state index contributed by atoms with van der Waals surface area (Å²) in [7, 11) is -3.63. The van der Waals surface area contributed by atoms with E-state index in [4.69, 9.17) is 0 Å². The molecule has 2 aliphatic rings. The van der Waals surface area contributed by atoms with E-state index in [2.05, 4.69) is 4.72 Å². The summed E-state index contributed by atoms with van der Waals surface area (Å²) in [5.41, 5.74) is 3.13. The molecule has 0 aromatic heterocycles. The van der Waals surface area contributed by atoms with Gasteiger partial charge >= 0.3 is 0 Å². The average Bonchev–Trinajstić information content (AvgIpc) is 2.61. The number of fused-ring (bicyclic) bond motifs is 2. The monoisotopic (exact) mass is 377 g/mol. The van der Waals surface area contributed by atoms with Gasteiger partial charge in [0, 0.05) is 10.9 Å². The summed E-state index contributed by atoms with van der Waals surface area (Å²) in [6, 6.07) is 9.65. The second-order valence-corrected chi connectivity index (χ2v) is 9.48. The molecule has 0 spiro atoms. The van der Waals surface area contributed by atoms with Crippen LogP contribution in [0.25, 0.3) is 0 Å². The van der Waals surface area contributed by atoms with E-state index in [1.165, 1.54) is 24.1 Å². The molecule has 0 saturated carbocycles. The molecule has 1 aliphatic carbocycles. The molecule has 0 saturated heterocycles. The topological polar surface area (TPSA) is 46.2 Å². The third kappa shape index (κ3) is 3.48. The molecule has 0 fully saturated rings. The van der Waals surface area contributed by atoms with Gasteiger partial charge in [-0.15, -0.1) is 11.8 Å². The summed E-state index contributed by atoms with van der Waals surface area (Å²) >= 11 is 1.64. The van der Waals surface area contributed by atoms with Crippen molar-refractivity contribution in [1.82, 2.24) is 4.72 Å². The van der Waals surface area contributed by atoms with Gasteiger partial charge in [0.25, 0.3) is 0 Å². The van der Waals surface area contributed by atoms with Crippen molar-refractivity contribution >= 4 is 21.8 Å². The van der Waals surface area contributed by atoms with Gasteiger partial charge < -0.3 is 0 Å². The van der Waals surface area contributed by atoms with Crippen molar-refractivity contribution in [1.29, 1.82) is 0 Å². The fourth-order valence-electron chi connectivity index (χ4n) is 3.62. The van der Waals surface area contributed by atoms with Gasteiger partial charge in [-0.25, -0.2) is 17.5 Å². The molecular formula is C19H20FNO2S2. The van der Waals surface area contributed by atoms with Crippen LogP contribution in [0.2, 0.25) is 0 Å². The molecule has 132 valence electrons. The lowest BCUT2D eigenvalue weighted by atomic mass is 9.92. The predicted molar refractivity (Wildman–Crippen MR) is 97.9 cm³/mol. The van der Waals surface area contributed by atoms with Crippen LogP contribution in [-0.4, -0.2) is 14.2 Å². The number of rotatable bonds is 3. The zero-order chi connectivity index (χ0) is 17.4. The number of aryl methyl sites for hydroxylation is 2. The van der Waals surface area contributed by atoms with E-state index < -0.39 is 10.0 Å². The minimum atomic E-state index is -3.63. The van der Waals surface area contributed by atoms with Crippen molar-refractivity contribution in [2.24, 2.45) is 0 Å². The maximum absolute atomic E-state index is 13.6. The highest BCUT2D eigenvalue weighted by atomic mass is 32.2. The predicted octanol–water partition coefficient (Wildman–Crippen LogP) is 4.22.